The maximum atomic E-state index is 12.4. The lowest BCUT2D eigenvalue weighted by molar-refractivity contribution is -0.245. The van der Waals surface area contributed by atoms with Crippen molar-refractivity contribution in [2.75, 3.05) is 16.4 Å². The molecular formula is C34H40N2O7S. The van der Waals surface area contributed by atoms with Crippen LogP contribution in [0.25, 0.3) is 0 Å². The highest BCUT2D eigenvalue weighted by Crippen LogP contribution is 2.39. The Bertz CT molecular complexity index is 1360. The molecule has 0 bridgehead atoms. The lowest BCUT2D eigenvalue weighted by atomic mass is 10.0. The number of carboxylic acid groups (broad SMARTS) is 1. The number of aliphatic carboxylic acids is 1. The predicted molar refractivity (Wildman–Crippen MR) is 170 cm³/mol. The zero-order valence-corrected chi connectivity index (χ0v) is 25.7. The molecule has 4 N–H and O–H groups in total. The van der Waals surface area contributed by atoms with E-state index in [-0.39, 0.29) is 37.0 Å². The van der Waals surface area contributed by atoms with Gasteiger partial charge in [0.1, 0.15) is 0 Å². The molecular weight excluding hydrogens is 580 g/mol. The molecule has 0 aliphatic carbocycles. The quantitative estimate of drug-likeness (QED) is 0.107. The summed E-state index contributed by atoms with van der Waals surface area (Å²) in [6.07, 6.45) is 3.26. The van der Waals surface area contributed by atoms with E-state index in [0.29, 0.717) is 37.1 Å². The molecule has 1 fully saturated rings. The predicted octanol–water partition coefficient (Wildman–Crippen LogP) is 6.84. The number of carboxylic acids is 1. The number of nitrogens with one attached hydrogen (secondary N) is 2. The zero-order valence-electron chi connectivity index (χ0n) is 24.9. The summed E-state index contributed by atoms with van der Waals surface area (Å²) in [7, 11) is 0. The van der Waals surface area contributed by atoms with Crippen LogP contribution >= 0.6 is 11.8 Å². The summed E-state index contributed by atoms with van der Waals surface area (Å²) in [5.41, 5.74) is 4.13. The average molecular weight is 621 g/mol. The van der Waals surface area contributed by atoms with Gasteiger partial charge in [-0.3, -0.25) is 14.4 Å². The number of hydrogen-bond acceptors (Lipinski definition) is 7. The fourth-order valence-electron chi connectivity index (χ4n) is 4.91. The van der Waals surface area contributed by atoms with Gasteiger partial charge in [-0.15, -0.1) is 11.8 Å². The minimum absolute atomic E-state index is 0.0206. The van der Waals surface area contributed by atoms with Crippen LogP contribution in [0.15, 0.2) is 77.7 Å². The van der Waals surface area contributed by atoms with Crippen LogP contribution < -0.4 is 10.6 Å². The lowest BCUT2D eigenvalue weighted by Crippen LogP contribution is -2.31. The Morgan fingerprint density at radius 2 is 1.41 bits per heavy atom. The molecule has 3 unspecified atom stereocenters. The molecule has 234 valence electrons. The largest absolute Gasteiger partial charge is 0.481 e. The van der Waals surface area contributed by atoms with Crippen molar-refractivity contribution >= 4 is 40.9 Å². The SMILES string of the molecule is CC(=O)Nc1ccc(SCC2CC(c3ccc(CO)cc3)OC(c3ccc(NC(=O)CCCCCCC(=O)O)cc3)O2)cc1. The Morgan fingerprint density at radius 3 is 2.05 bits per heavy atom. The number of hydrogen-bond donors (Lipinski definition) is 4. The summed E-state index contributed by atoms with van der Waals surface area (Å²) in [4.78, 5) is 35.4. The molecule has 3 atom stereocenters. The molecule has 0 radical (unpaired) electrons. The zero-order chi connectivity index (χ0) is 31.3. The number of thioether (sulfide) groups is 1. The van der Waals surface area contributed by atoms with Crippen molar-refractivity contribution in [3.8, 4) is 0 Å². The number of anilines is 2. The van der Waals surface area contributed by atoms with Crippen LogP contribution in [-0.2, 0) is 30.5 Å². The van der Waals surface area contributed by atoms with Crippen molar-refractivity contribution in [2.24, 2.45) is 0 Å². The highest BCUT2D eigenvalue weighted by molar-refractivity contribution is 7.99. The second-order valence-corrected chi connectivity index (χ2v) is 11.9. The number of ether oxygens (including phenoxy) is 2. The second kappa shape index (κ2) is 17.0. The van der Waals surface area contributed by atoms with Crippen LogP contribution in [0.5, 0.6) is 0 Å². The molecule has 0 spiro atoms. The van der Waals surface area contributed by atoms with E-state index in [2.05, 4.69) is 10.6 Å². The van der Waals surface area contributed by atoms with Crippen LogP contribution in [0.2, 0.25) is 0 Å². The van der Waals surface area contributed by atoms with Crippen molar-refractivity contribution in [1.82, 2.24) is 0 Å². The van der Waals surface area contributed by atoms with E-state index >= 15 is 0 Å². The smallest absolute Gasteiger partial charge is 0.303 e. The normalized spacial score (nSPS) is 18.0. The summed E-state index contributed by atoms with van der Waals surface area (Å²) < 4.78 is 12.9. The van der Waals surface area contributed by atoms with E-state index in [9.17, 15) is 19.5 Å². The molecule has 9 nitrogen and oxygen atoms in total. The van der Waals surface area contributed by atoms with Gasteiger partial charge in [-0.2, -0.15) is 0 Å². The van der Waals surface area contributed by atoms with Crippen LogP contribution in [0.4, 0.5) is 11.4 Å². The molecule has 3 aromatic rings. The van der Waals surface area contributed by atoms with E-state index in [1.54, 1.807) is 11.8 Å². The number of amides is 2. The van der Waals surface area contributed by atoms with Crippen molar-refractivity contribution in [1.29, 1.82) is 0 Å². The summed E-state index contributed by atoms with van der Waals surface area (Å²) in [6.45, 7) is 1.46. The van der Waals surface area contributed by atoms with E-state index in [1.807, 2.05) is 72.8 Å². The Balaban J connectivity index is 1.36. The molecule has 1 aliphatic heterocycles. The summed E-state index contributed by atoms with van der Waals surface area (Å²) in [6, 6.07) is 22.9. The topological polar surface area (TPSA) is 134 Å². The van der Waals surface area contributed by atoms with Gasteiger partial charge < -0.3 is 30.3 Å². The number of unbranched alkanes of at least 4 members (excludes halogenated alkanes) is 3. The number of aliphatic hydroxyl groups is 1. The van der Waals surface area contributed by atoms with Crippen molar-refractivity contribution < 1.29 is 34.1 Å². The maximum Gasteiger partial charge on any atom is 0.303 e. The van der Waals surface area contributed by atoms with E-state index in [0.717, 1.165) is 40.1 Å². The van der Waals surface area contributed by atoms with Gasteiger partial charge in [0.15, 0.2) is 6.29 Å². The van der Waals surface area contributed by atoms with Crippen molar-refractivity contribution in [2.45, 2.75) is 81.9 Å². The van der Waals surface area contributed by atoms with Gasteiger partial charge in [-0.05, 0) is 60.4 Å². The number of aliphatic hydroxyl groups excluding tert-OH is 1. The first-order valence-corrected chi connectivity index (χ1v) is 15.9. The first-order valence-electron chi connectivity index (χ1n) is 14.9. The highest BCUT2D eigenvalue weighted by atomic mass is 32.2. The monoisotopic (exact) mass is 620 g/mol. The molecule has 1 heterocycles. The molecule has 0 saturated carbocycles. The van der Waals surface area contributed by atoms with Gasteiger partial charge in [0.2, 0.25) is 11.8 Å². The van der Waals surface area contributed by atoms with Gasteiger partial charge in [-0.25, -0.2) is 0 Å². The van der Waals surface area contributed by atoms with Crippen molar-refractivity contribution in [3.05, 3.63) is 89.5 Å². The van der Waals surface area contributed by atoms with Crippen LogP contribution in [0.3, 0.4) is 0 Å². The molecule has 44 heavy (non-hydrogen) atoms. The Morgan fingerprint density at radius 1 is 0.795 bits per heavy atom. The van der Waals surface area contributed by atoms with Gasteiger partial charge >= 0.3 is 5.97 Å². The number of carbonyl (C=O) groups is 3. The van der Waals surface area contributed by atoms with E-state index < -0.39 is 12.3 Å². The fraction of sp³-hybridized carbons (Fsp3) is 0.382. The number of benzene rings is 3. The first kappa shape index (κ1) is 33.2. The van der Waals surface area contributed by atoms with Crippen LogP contribution in [0.1, 0.15) is 81.0 Å². The molecule has 0 aromatic heterocycles. The maximum absolute atomic E-state index is 12.4. The number of carbonyl (C=O) groups excluding carboxylic acids is 2. The van der Waals surface area contributed by atoms with E-state index in [4.69, 9.17) is 14.6 Å². The molecule has 2 amide bonds. The molecule has 3 aromatic carbocycles. The third kappa shape index (κ3) is 10.8. The summed E-state index contributed by atoms with van der Waals surface area (Å²) >= 11 is 1.68. The molecule has 10 heteroatoms. The van der Waals surface area contributed by atoms with Crippen LogP contribution in [0, 0.1) is 0 Å². The van der Waals surface area contributed by atoms with Crippen molar-refractivity contribution in [3.63, 3.8) is 0 Å². The highest BCUT2D eigenvalue weighted by Gasteiger charge is 2.32. The third-order valence-electron chi connectivity index (χ3n) is 7.24. The van der Waals surface area contributed by atoms with E-state index in [1.165, 1.54) is 6.92 Å². The average Bonchev–Trinajstić information content (AvgIpc) is 3.02. The fourth-order valence-corrected chi connectivity index (χ4v) is 5.83. The number of rotatable bonds is 15. The van der Waals surface area contributed by atoms with Crippen LogP contribution in [-0.4, -0.2) is 39.9 Å². The second-order valence-electron chi connectivity index (χ2n) is 10.8. The molecule has 1 saturated heterocycles. The van der Waals surface area contributed by atoms with Gasteiger partial charge in [0.25, 0.3) is 0 Å². The Hall–Kier alpha value is -3.70. The summed E-state index contributed by atoms with van der Waals surface area (Å²) in [5.74, 6) is -0.269. The lowest BCUT2D eigenvalue weighted by Gasteiger charge is -2.36. The standard InChI is InChI=1S/C34H40N2O7S/c1-23(38)35-27-16-18-30(19-17-27)44-22-29-20-31(25-10-8-24(21-37)9-11-25)43-34(42-29)26-12-14-28(15-13-26)36-32(39)6-4-2-3-5-7-33(40)41/h8-19,29,31,34,37H,2-7,20-22H2,1H3,(H,35,38)(H,36,39)(H,40,41). The Kier molecular flexibility index (Phi) is 12.8. The first-order chi connectivity index (χ1) is 21.3. The Labute approximate surface area is 262 Å². The van der Waals surface area contributed by atoms with Gasteiger partial charge in [0.05, 0.1) is 18.8 Å². The minimum Gasteiger partial charge on any atom is -0.481 e. The van der Waals surface area contributed by atoms with Gasteiger partial charge in [0, 0.05) is 53.8 Å². The molecule has 1 aliphatic rings. The third-order valence-corrected chi connectivity index (χ3v) is 8.38. The van der Waals surface area contributed by atoms with Gasteiger partial charge in [-0.1, -0.05) is 49.2 Å². The minimum atomic E-state index is -0.789. The summed E-state index contributed by atoms with van der Waals surface area (Å²) in [5, 5.41) is 23.9. The molecule has 4 rings (SSSR count).